The van der Waals surface area contributed by atoms with Crippen molar-refractivity contribution in [2.45, 2.75) is 25.8 Å². The van der Waals surface area contributed by atoms with Gasteiger partial charge in [-0.05, 0) is 30.7 Å². The molecule has 1 amide bonds. The number of carbonyl (C=O) groups is 2. The Labute approximate surface area is 177 Å². The Morgan fingerprint density at radius 1 is 1.09 bits per heavy atom. The van der Waals surface area contributed by atoms with Gasteiger partial charge in [0.1, 0.15) is 16.3 Å². The number of carboxylic acid groups (broad SMARTS) is 1. The van der Waals surface area contributed by atoms with Gasteiger partial charge in [0.05, 0.1) is 22.8 Å². The third-order valence-electron chi connectivity index (χ3n) is 4.30. The van der Waals surface area contributed by atoms with Crippen LogP contribution < -0.4 is 10.9 Å². The van der Waals surface area contributed by atoms with E-state index in [0.717, 1.165) is 22.2 Å². The van der Waals surface area contributed by atoms with E-state index < -0.39 is 53.1 Å². The van der Waals surface area contributed by atoms with Gasteiger partial charge in [-0.2, -0.15) is 26.3 Å². The highest BCUT2D eigenvalue weighted by molar-refractivity contribution is 7.20. The Bertz CT molecular complexity index is 1260. The summed E-state index contributed by atoms with van der Waals surface area (Å²) in [5, 5.41) is 11.0. The summed E-state index contributed by atoms with van der Waals surface area (Å²) in [4.78, 5) is 39.9. The first-order valence-corrected chi connectivity index (χ1v) is 9.31. The van der Waals surface area contributed by atoms with Crippen molar-refractivity contribution in [3.05, 3.63) is 56.4 Å². The number of alkyl halides is 6. The molecule has 3 aromatic rings. The normalized spacial score (nSPS) is 12.2. The van der Waals surface area contributed by atoms with Crippen LogP contribution in [-0.2, 0) is 23.7 Å². The van der Waals surface area contributed by atoms with Gasteiger partial charge in [0.25, 0.3) is 5.56 Å². The molecule has 0 unspecified atom stereocenters. The zero-order chi connectivity index (χ0) is 24.0. The fraction of sp³-hybridized carbons (Fsp3) is 0.222. The fourth-order valence-electron chi connectivity index (χ4n) is 2.86. The number of nitrogens with one attached hydrogen (secondary N) is 1. The predicted octanol–water partition coefficient (Wildman–Crippen LogP) is 4.14. The monoisotopic (exact) mass is 479 g/mol. The highest BCUT2D eigenvalue weighted by Gasteiger charge is 2.37. The Hall–Kier alpha value is -3.42. The van der Waals surface area contributed by atoms with Crippen molar-refractivity contribution in [2.75, 3.05) is 5.32 Å². The first-order valence-electron chi connectivity index (χ1n) is 8.49. The molecule has 0 saturated carbocycles. The number of halogens is 6. The largest absolute Gasteiger partial charge is 0.477 e. The molecule has 0 saturated heterocycles. The van der Waals surface area contributed by atoms with Crippen LogP contribution in [-0.4, -0.2) is 26.5 Å². The summed E-state index contributed by atoms with van der Waals surface area (Å²) in [6.45, 7) is 0.591. The lowest BCUT2D eigenvalue weighted by molar-refractivity contribution is -0.143. The number of thiophene rings is 1. The van der Waals surface area contributed by atoms with Gasteiger partial charge in [-0.3, -0.25) is 14.2 Å². The van der Waals surface area contributed by atoms with Gasteiger partial charge >= 0.3 is 18.3 Å². The molecule has 3 rings (SSSR count). The number of hydrogen-bond donors (Lipinski definition) is 2. The number of benzene rings is 1. The third-order valence-corrected chi connectivity index (χ3v) is 5.48. The summed E-state index contributed by atoms with van der Waals surface area (Å²) >= 11 is 0.747. The number of anilines is 1. The molecule has 0 bridgehead atoms. The molecule has 0 spiro atoms. The van der Waals surface area contributed by atoms with Gasteiger partial charge in [-0.15, -0.1) is 11.3 Å². The van der Waals surface area contributed by atoms with Crippen LogP contribution in [0.25, 0.3) is 10.2 Å². The van der Waals surface area contributed by atoms with Gasteiger partial charge < -0.3 is 10.4 Å². The third kappa shape index (κ3) is 4.59. The quantitative estimate of drug-likeness (QED) is 0.548. The minimum Gasteiger partial charge on any atom is -0.477 e. The number of aromatic carboxylic acids is 1. The van der Waals surface area contributed by atoms with Crippen LogP contribution in [0.4, 0.5) is 32.0 Å². The predicted molar refractivity (Wildman–Crippen MR) is 101 cm³/mol. The molecule has 170 valence electrons. The minimum atomic E-state index is -5.09. The molecule has 14 heteroatoms. The summed E-state index contributed by atoms with van der Waals surface area (Å²) in [7, 11) is 0. The van der Waals surface area contributed by atoms with Crippen molar-refractivity contribution < 1.29 is 41.0 Å². The van der Waals surface area contributed by atoms with Crippen LogP contribution >= 0.6 is 11.3 Å². The first kappa shape index (κ1) is 23.2. The van der Waals surface area contributed by atoms with Crippen LogP contribution in [0, 0.1) is 6.92 Å². The van der Waals surface area contributed by atoms with Crippen molar-refractivity contribution in [2.24, 2.45) is 0 Å². The van der Waals surface area contributed by atoms with Crippen molar-refractivity contribution >= 4 is 39.1 Å². The van der Waals surface area contributed by atoms with Crippen molar-refractivity contribution in [1.82, 2.24) is 9.55 Å². The average molecular weight is 479 g/mol. The van der Waals surface area contributed by atoms with Crippen LogP contribution in [0.5, 0.6) is 0 Å². The second kappa shape index (κ2) is 7.93. The molecule has 1 aromatic carbocycles. The molecule has 2 aromatic heterocycles. The van der Waals surface area contributed by atoms with Crippen molar-refractivity contribution in [1.29, 1.82) is 0 Å². The maximum absolute atomic E-state index is 12.9. The Kier molecular flexibility index (Phi) is 5.76. The number of carboxylic acids is 1. The van der Waals surface area contributed by atoms with E-state index in [-0.39, 0.29) is 26.7 Å². The van der Waals surface area contributed by atoms with Gasteiger partial charge in [0.15, 0.2) is 0 Å². The molecule has 0 radical (unpaired) electrons. The summed E-state index contributed by atoms with van der Waals surface area (Å²) in [6.07, 6.45) is -9.25. The Morgan fingerprint density at radius 3 is 2.16 bits per heavy atom. The number of hydrogen-bond acceptors (Lipinski definition) is 5. The van der Waals surface area contributed by atoms with Crippen LogP contribution in [0.3, 0.4) is 0 Å². The lowest BCUT2D eigenvalue weighted by atomic mass is 10.1. The number of carbonyl (C=O) groups excluding carboxylic acids is 1. The summed E-state index contributed by atoms with van der Waals surface area (Å²) in [5.74, 6) is -2.37. The molecule has 0 aliphatic heterocycles. The second-order valence-corrected chi connectivity index (χ2v) is 7.56. The number of aryl methyl sites for hydroxylation is 1. The van der Waals surface area contributed by atoms with Crippen molar-refractivity contribution in [3.8, 4) is 0 Å². The molecular weight excluding hydrogens is 468 g/mol. The van der Waals surface area contributed by atoms with Gasteiger partial charge in [-0.1, -0.05) is 0 Å². The van der Waals surface area contributed by atoms with E-state index in [1.165, 1.54) is 6.92 Å². The molecule has 32 heavy (non-hydrogen) atoms. The van der Waals surface area contributed by atoms with Gasteiger partial charge in [0, 0.05) is 5.69 Å². The zero-order valence-electron chi connectivity index (χ0n) is 15.8. The molecule has 7 nitrogen and oxygen atoms in total. The lowest BCUT2D eigenvalue weighted by Crippen LogP contribution is -2.28. The van der Waals surface area contributed by atoms with Crippen molar-refractivity contribution in [3.63, 3.8) is 0 Å². The van der Waals surface area contributed by atoms with E-state index in [0.29, 0.717) is 12.1 Å². The Balaban J connectivity index is 1.93. The van der Waals surface area contributed by atoms with Crippen LogP contribution in [0.2, 0.25) is 0 Å². The number of rotatable bonds is 4. The average Bonchev–Trinajstić information content (AvgIpc) is 3.00. The maximum atomic E-state index is 12.9. The van der Waals surface area contributed by atoms with E-state index >= 15 is 0 Å². The van der Waals surface area contributed by atoms with Gasteiger partial charge in [0.2, 0.25) is 5.91 Å². The Morgan fingerprint density at radius 2 is 1.66 bits per heavy atom. The van der Waals surface area contributed by atoms with E-state index in [1.807, 2.05) is 5.32 Å². The first-order chi connectivity index (χ1) is 14.7. The zero-order valence-corrected chi connectivity index (χ0v) is 16.6. The number of amides is 1. The second-order valence-electron chi connectivity index (χ2n) is 6.56. The molecule has 2 heterocycles. The van der Waals surface area contributed by atoms with Crippen LogP contribution in [0.1, 0.15) is 26.4 Å². The number of fused-ring (bicyclic) bond motifs is 1. The van der Waals surface area contributed by atoms with E-state index in [9.17, 15) is 40.7 Å². The van der Waals surface area contributed by atoms with E-state index in [4.69, 9.17) is 5.11 Å². The van der Waals surface area contributed by atoms with Crippen LogP contribution in [0.15, 0.2) is 29.3 Å². The standard InChI is InChI=1S/C18H11F6N3O4S/c1-7-12-14(32-13(7)16(30)31)25-6-27(15(12)29)5-11(28)26-10-3-8(17(19,20)21)2-9(4-10)18(22,23)24/h2-4,6H,5H2,1H3,(H,26,28)(H,30,31). The topological polar surface area (TPSA) is 101 Å². The molecule has 0 atom stereocenters. The molecule has 2 N–H and O–H groups in total. The minimum absolute atomic E-state index is 0.0545. The smallest absolute Gasteiger partial charge is 0.416 e. The SMILES string of the molecule is Cc1c(C(=O)O)sc2ncn(CC(=O)Nc3cc(C(F)(F)F)cc(C(F)(F)F)c3)c(=O)c12. The molecule has 0 aliphatic carbocycles. The molecular formula is C18H11F6N3O4S. The lowest BCUT2D eigenvalue weighted by Gasteiger charge is -2.15. The summed E-state index contributed by atoms with van der Waals surface area (Å²) in [5.41, 5.74) is -4.65. The maximum Gasteiger partial charge on any atom is 0.416 e. The summed E-state index contributed by atoms with van der Waals surface area (Å²) < 4.78 is 78.4. The highest BCUT2D eigenvalue weighted by Crippen LogP contribution is 2.37. The summed E-state index contributed by atoms with van der Waals surface area (Å²) in [6, 6.07) is 0.580. The highest BCUT2D eigenvalue weighted by atomic mass is 32.1. The van der Waals surface area contributed by atoms with E-state index in [1.54, 1.807) is 0 Å². The molecule has 0 aliphatic rings. The number of aromatic nitrogens is 2. The van der Waals surface area contributed by atoms with E-state index in [2.05, 4.69) is 4.98 Å². The molecule has 0 fully saturated rings. The fourth-order valence-corrected chi connectivity index (χ4v) is 3.84. The number of nitrogens with zero attached hydrogens (tertiary/aromatic N) is 2. The van der Waals surface area contributed by atoms with Gasteiger partial charge in [-0.25, -0.2) is 9.78 Å².